The normalized spacial score (nSPS) is 43.7. The molecule has 3 aliphatic heterocycles. The molecule has 44 heavy (non-hydrogen) atoms. The van der Waals surface area contributed by atoms with Gasteiger partial charge >= 0.3 is 17.9 Å². The molecule has 0 unspecified atom stereocenters. The number of esters is 3. The minimum atomic E-state index is -1.42. The van der Waals surface area contributed by atoms with E-state index in [2.05, 4.69) is 6.58 Å². The van der Waals surface area contributed by atoms with Crippen LogP contribution in [0, 0.1) is 28.6 Å². The average molecular weight is 613 g/mol. The van der Waals surface area contributed by atoms with Crippen LogP contribution >= 0.6 is 0 Å². The van der Waals surface area contributed by atoms with Crippen LogP contribution in [0.15, 0.2) is 47.3 Å². The molecule has 12 atom stereocenters. The summed E-state index contributed by atoms with van der Waals surface area (Å²) in [4.78, 5) is 51.5. The number of ether oxygens (including phenoxy) is 5. The second kappa shape index (κ2) is 10.3. The first-order valence-electron chi connectivity index (χ1n) is 15.2. The fourth-order valence-electron chi connectivity index (χ4n) is 9.01. The van der Waals surface area contributed by atoms with Crippen molar-refractivity contribution in [2.24, 2.45) is 28.6 Å². The maximum Gasteiger partial charge on any atom is 0.335 e. The van der Waals surface area contributed by atoms with Crippen LogP contribution in [0.25, 0.3) is 0 Å². The van der Waals surface area contributed by atoms with Crippen molar-refractivity contribution in [1.82, 2.24) is 0 Å². The van der Waals surface area contributed by atoms with Crippen LogP contribution < -0.4 is 0 Å². The molecule has 2 saturated heterocycles. The van der Waals surface area contributed by atoms with E-state index in [-0.39, 0.29) is 31.0 Å². The maximum atomic E-state index is 13.6. The number of carbonyl (C=O) groups is 4. The quantitative estimate of drug-likeness (QED) is 0.151. The summed E-state index contributed by atoms with van der Waals surface area (Å²) < 4.78 is 35.4. The standard InChI is InChI=1S/C33H40O11/c1-7-17(2)26(37)29(38)42-28-27(41-16-34)25(30(4)10-8-23(35)44-31(5)15-40-24(36)13-21(30)31)18(3)33-22(43-33)12-20(32(28,33)6)19-9-11-39-14-19/h8-11,14,16-17,20-22,25-28,37H,3,7,12-13,15H2,1-2,4-6H3/t17-,20+,21+,22+,25+,26+,27+,28+,30-,31+,32+,33+/m0/s1. The highest BCUT2D eigenvalue weighted by Crippen LogP contribution is 2.76. The number of aliphatic hydroxyl groups is 1. The number of hydrogen-bond donors (Lipinski definition) is 1. The van der Waals surface area contributed by atoms with Crippen LogP contribution in [0.3, 0.4) is 0 Å². The number of carbonyl (C=O) groups excluding carboxylic acids is 4. The van der Waals surface area contributed by atoms with Crippen molar-refractivity contribution in [3.05, 3.63) is 48.5 Å². The van der Waals surface area contributed by atoms with Gasteiger partial charge in [0.25, 0.3) is 6.47 Å². The van der Waals surface area contributed by atoms with E-state index in [0.717, 1.165) is 5.56 Å². The van der Waals surface area contributed by atoms with E-state index in [1.165, 1.54) is 6.08 Å². The Hall–Kier alpha value is -3.44. The van der Waals surface area contributed by atoms with Crippen molar-refractivity contribution in [3.8, 4) is 0 Å². The number of epoxide rings is 1. The molecule has 1 spiro atoms. The van der Waals surface area contributed by atoms with Gasteiger partial charge in [-0.2, -0.15) is 0 Å². The van der Waals surface area contributed by atoms with Crippen molar-refractivity contribution < 1.29 is 52.4 Å². The second-order valence-corrected chi connectivity index (χ2v) is 13.7. The predicted molar refractivity (Wildman–Crippen MR) is 151 cm³/mol. The molecule has 238 valence electrons. The predicted octanol–water partition coefficient (Wildman–Crippen LogP) is 3.40. The first-order valence-corrected chi connectivity index (χ1v) is 15.2. The molecule has 11 heteroatoms. The van der Waals surface area contributed by atoms with Crippen molar-refractivity contribution >= 4 is 24.4 Å². The van der Waals surface area contributed by atoms with Crippen LogP contribution in [-0.4, -0.2) is 71.7 Å². The van der Waals surface area contributed by atoms with Crippen LogP contribution in [0.2, 0.25) is 0 Å². The summed E-state index contributed by atoms with van der Waals surface area (Å²) in [7, 11) is 0. The van der Waals surface area contributed by atoms with Gasteiger partial charge in [0.05, 0.1) is 30.5 Å². The highest BCUT2D eigenvalue weighted by molar-refractivity contribution is 5.83. The number of furan rings is 1. The Kier molecular flexibility index (Phi) is 7.16. The van der Waals surface area contributed by atoms with E-state index < -0.39 is 70.1 Å². The Labute approximate surface area is 255 Å². The molecule has 4 heterocycles. The van der Waals surface area contributed by atoms with E-state index >= 15 is 0 Å². The highest BCUT2D eigenvalue weighted by Gasteiger charge is 2.84. The smallest absolute Gasteiger partial charge is 0.335 e. The van der Waals surface area contributed by atoms with Crippen molar-refractivity contribution in [3.63, 3.8) is 0 Å². The van der Waals surface area contributed by atoms with Crippen LogP contribution in [0.1, 0.15) is 65.4 Å². The molecule has 11 nitrogen and oxygen atoms in total. The fourth-order valence-corrected chi connectivity index (χ4v) is 9.01. The average Bonchev–Trinajstić information content (AvgIpc) is 3.37. The Balaban J connectivity index is 1.54. The van der Waals surface area contributed by atoms with E-state index in [9.17, 15) is 24.3 Å². The lowest BCUT2D eigenvalue weighted by molar-refractivity contribution is -0.218. The Morgan fingerprint density at radius 2 is 2.02 bits per heavy atom. The Bertz CT molecular complexity index is 1400. The third kappa shape index (κ3) is 4.07. The highest BCUT2D eigenvalue weighted by atomic mass is 16.6. The maximum absolute atomic E-state index is 13.6. The van der Waals surface area contributed by atoms with Gasteiger partial charge in [-0.05, 0) is 36.5 Å². The molecule has 2 aliphatic carbocycles. The topological polar surface area (TPSA) is 151 Å². The van der Waals surface area contributed by atoms with Gasteiger partial charge in [-0.1, -0.05) is 46.8 Å². The van der Waals surface area contributed by atoms with Gasteiger partial charge < -0.3 is 33.2 Å². The van der Waals surface area contributed by atoms with Gasteiger partial charge in [0.1, 0.15) is 30.0 Å². The number of allylic oxidation sites excluding steroid dienone is 1. The Morgan fingerprint density at radius 3 is 2.68 bits per heavy atom. The number of aliphatic hydroxyl groups excluding tert-OH is 1. The number of rotatable bonds is 8. The second-order valence-electron chi connectivity index (χ2n) is 13.7. The summed E-state index contributed by atoms with van der Waals surface area (Å²) in [6.45, 7) is 13.9. The molecule has 2 saturated carbocycles. The summed E-state index contributed by atoms with van der Waals surface area (Å²) >= 11 is 0. The monoisotopic (exact) mass is 612 g/mol. The van der Waals surface area contributed by atoms with Crippen molar-refractivity contribution in [2.45, 2.75) is 95.4 Å². The van der Waals surface area contributed by atoms with Gasteiger partial charge in [0.2, 0.25) is 0 Å². The van der Waals surface area contributed by atoms with Gasteiger partial charge in [-0.3, -0.25) is 9.59 Å². The van der Waals surface area contributed by atoms with Crippen LogP contribution in [0.5, 0.6) is 0 Å². The fraction of sp³-hybridized carbons (Fsp3) is 0.636. The Morgan fingerprint density at radius 1 is 1.27 bits per heavy atom. The zero-order valence-corrected chi connectivity index (χ0v) is 25.6. The third-order valence-electron chi connectivity index (χ3n) is 11.6. The molecule has 0 amide bonds. The van der Waals surface area contributed by atoms with Crippen molar-refractivity contribution in [2.75, 3.05) is 6.61 Å². The number of fused-ring (bicyclic) bond motifs is 1. The third-order valence-corrected chi connectivity index (χ3v) is 11.6. The van der Waals surface area contributed by atoms with Gasteiger partial charge in [0, 0.05) is 29.2 Å². The molecule has 0 aromatic carbocycles. The molecule has 0 bridgehead atoms. The molecule has 1 aromatic heterocycles. The molecular formula is C33H40O11. The minimum Gasteiger partial charge on any atom is -0.472 e. The number of cyclic esters (lactones) is 1. The molecule has 1 aromatic rings. The van der Waals surface area contributed by atoms with E-state index in [1.807, 2.05) is 26.8 Å². The molecule has 4 fully saturated rings. The molecule has 1 N–H and O–H groups in total. The van der Waals surface area contributed by atoms with Crippen molar-refractivity contribution in [1.29, 1.82) is 0 Å². The van der Waals surface area contributed by atoms with Gasteiger partial charge in [-0.15, -0.1) is 0 Å². The summed E-state index contributed by atoms with van der Waals surface area (Å²) in [5, 5.41) is 10.9. The summed E-state index contributed by atoms with van der Waals surface area (Å²) in [6, 6.07) is 1.85. The lowest BCUT2D eigenvalue weighted by Gasteiger charge is -2.59. The summed E-state index contributed by atoms with van der Waals surface area (Å²) in [5.41, 5.74) is -2.82. The van der Waals surface area contributed by atoms with E-state index in [0.29, 0.717) is 24.9 Å². The van der Waals surface area contributed by atoms with E-state index in [4.69, 9.17) is 28.1 Å². The zero-order valence-electron chi connectivity index (χ0n) is 25.6. The van der Waals surface area contributed by atoms with Gasteiger partial charge in [-0.25, -0.2) is 9.59 Å². The first kappa shape index (κ1) is 30.6. The molecule has 5 aliphatic rings. The van der Waals surface area contributed by atoms with Crippen LogP contribution in [0.4, 0.5) is 0 Å². The first-order chi connectivity index (χ1) is 20.8. The van der Waals surface area contributed by atoms with E-state index in [1.54, 1.807) is 32.4 Å². The SMILES string of the molecule is C=C1[C@@H]([C@@]2(C)C=CC(=O)O[C@]3(C)COC(=O)C[C@H]23)[C@@H](OC=O)[C@@H](OC(=O)[C@H](O)[C@@H](C)CC)[C@@]2(C)[C@@H](c3ccoc3)C[C@H]3O[C@]132. The summed E-state index contributed by atoms with van der Waals surface area (Å²) in [6.07, 6.45) is 3.26. The zero-order chi connectivity index (χ0) is 31.8. The van der Waals surface area contributed by atoms with Crippen LogP contribution in [-0.2, 0) is 42.9 Å². The largest absolute Gasteiger partial charge is 0.472 e. The van der Waals surface area contributed by atoms with Gasteiger partial charge in [0.15, 0.2) is 6.10 Å². The lowest BCUT2D eigenvalue weighted by Crippen LogP contribution is -2.67. The molecule has 0 radical (unpaired) electrons. The number of hydrogen-bond acceptors (Lipinski definition) is 11. The molecule has 6 rings (SSSR count). The summed E-state index contributed by atoms with van der Waals surface area (Å²) in [5.74, 6) is -3.94. The lowest BCUT2D eigenvalue weighted by atomic mass is 9.48. The molecular weight excluding hydrogens is 572 g/mol. The minimum absolute atomic E-state index is 0.0778.